The Morgan fingerprint density at radius 1 is 1.40 bits per heavy atom. The van der Waals surface area contributed by atoms with E-state index >= 15 is 0 Å². The molecule has 0 radical (unpaired) electrons. The molecule has 0 saturated heterocycles. The molecule has 0 atom stereocenters. The Morgan fingerprint density at radius 3 is 3.00 bits per heavy atom. The van der Waals surface area contributed by atoms with E-state index in [1.54, 1.807) is 34.6 Å². The monoisotopic (exact) mass is 286 g/mol. The zero-order valence-electron chi connectivity index (χ0n) is 10.5. The minimum absolute atomic E-state index is 0.292. The average molecular weight is 286 g/mol. The summed E-state index contributed by atoms with van der Waals surface area (Å²) in [5.41, 5.74) is 0.381. The molecule has 0 saturated carbocycles. The molecule has 3 heterocycles. The number of hydrogen-bond donors (Lipinski definition) is 1. The number of carbonyl (C=O) groups excluding carboxylic acids is 1. The number of aromatic nitrogens is 5. The van der Waals surface area contributed by atoms with Crippen molar-refractivity contribution >= 4 is 23.1 Å². The summed E-state index contributed by atoms with van der Waals surface area (Å²) in [6.45, 7) is 1.85. The smallest absolute Gasteiger partial charge is 0.276 e. The van der Waals surface area contributed by atoms with E-state index in [1.807, 2.05) is 6.92 Å². The highest BCUT2D eigenvalue weighted by Crippen LogP contribution is 2.12. The van der Waals surface area contributed by atoms with E-state index in [4.69, 9.17) is 0 Å². The largest absolute Gasteiger partial charge is 0.305 e. The van der Waals surface area contributed by atoms with Crippen LogP contribution in [0.15, 0.2) is 36.2 Å². The van der Waals surface area contributed by atoms with Crippen LogP contribution in [0.1, 0.15) is 15.5 Å². The molecule has 3 aromatic heterocycles. The molecule has 1 amide bonds. The van der Waals surface area contributed by atoms with E-state index in [9.17, 15) is 4.79 Å². The van der Waals surface area contributed by atoms with Gasteiger partial charge in [0.15, 0.2) is 5.82 Å². The molecule has 0 unspecified atom stereocenters. The number of anilines is 1. The van der Waals surface area contributed by atoms with Gasteiger partial charge in [-0.15, -0.1) is 11.3 Å². The number of thiazole rings is 1. The topological polar surface area (TPSA) is 85.6 Å². The fraction of sp³-hybridized carbons (Fsp3) is 0.0833. The van der Waals surface area contributed by atoms with E-state index < -0.39 is 0 Å². The standard InChI is InChI=1S/C12H10N6OS/c1-8-16-9(6-20-8)12(19)17-10-5-11(14-7-13-10)18-4-2-3-15-18/h2-7H,1H3,(H,13,14,17,19). The molecule has 3 aromatic rings. The molecule has 100 valence electrons. The van der Waals surface area contributed by atoms with Crippen LogP contribution in [-0.4, -0.2) is 30.6 Å². The van der Waals surface area contributed by atoms with Crippen molar-refractivity contribution in [2.75, 3.05) is 5.32 Å². The first kappa shape index (κ1) is 12.4. The van der Waals surface area contributed by atoms with Crippen LogP contribution in [0.5, 0.6) is 0 Å². The first-order valence-electron chi connectivity index (χ1n) is 5.78. The SMILES string of the molecule is Cc1nc(C(=O)Nc2cc(-n3cccn3)ncn2)cs1. The molecular formula is C12H10N6OS. The zero-order valence-corrected chi connectivity index (χ0v) is 11.3. The summed E-state index contributed by atoms with van der Waals surface area (Å²) >= 11 is 1.43. The van der Waals surface area contributed by atoms with Crippen molar-refractivity contribution in [2.24, 2.45) is 0 Å². The lowest BCUT2D eigenvalue weighted by molar-refractivity contribution is 0.102. The van der Waals surface area contributed by atoms with Gasteiger partial charge in [-0.3, -0.25) is 4.79 Å². The highest BCUT2D eigenvalue weighted by Gasteiger charge is 2.11. The second kappa shape index (κ2) is 5.17. The Morgan fingerprint density at radius 2 is 2.30 bits per heavy atom. The van der Waals surface area contributed by atoms with Gasteiger partial charge in [0.1, 0.15) is 17.8 Å². The maximum Gasteiger partial charge on any atom is 0.276 e. The molecular weight excluding hydrogens is 276 g/mol. The number of nitrogens with one attached hydrogen (secondary N) is 1. The summed E-state index contributed by atoms with van der Waals surface area (Å²) in [5.74, 6) is 0.690. The van der Waals surface area contributed by atoms with Crippen LogP contribution in [0.4, 0.5) is 5.82 Å². The molecule has 0 aliphatic rings. The Labute approximate surface area is 118 Å². The third kappa shape index (κ3) is 2.54. The lowest BCUT2D eigenvalue weighted by atomic mass is 10.4. The number of hydrogen-bond acceptors (Lipinski definition) is 6. The van der Waals surface area contributed by atoms with Crippen LogP contribution in [0.2, 0.25) is 0 Å². The lowest BCUT2D eigenvalue weighted by Crippen LogP contribution is -2.14. The summed E-state index contributed by atoms with van der Waals surface area (Å²) in [4.78, 5) is 24.2. The second-order valence-corrected chi connectivity index (χ2v) is 4.98. The van der Waals surface area contributed by atoms with Crippen LogP contribution in [0, 0.1) is 6.92 Å². The number of amides is 1. The number of nitrogens with zero attached hydrogens (tertiary/aromatic N) is 5. The van der Waals surface area contributed by atoms with Crippen molar-refractivity contribution in [1.82, 2.24) is 24.7 Å². The van der Waals surface area contributed by atoms with Gasteiger partial charge in [0, 0.05) is 23.8 Å². The van der Waals surface area contributed by atoms with Gasteiger partial charge in [-0.25, -0.2) is 19.6 Å². The minimum atomic E-state index is -0.292. The molecule has 1 N–H and O–H groups in total. The predicted octanol–water partition coefficient (Wildman–Crippen LogP) is 1.68. The van der Waals surface area contributed by atoms with Gasteiger partial charge < -0.3 is 5.32 Å². The normalized spacial score (nSPS) is 10.4. The third-order valence-electron chi connectivity index (χ3n) is 2.49. The highest BCUT2D eigenvalue weighted by molar-refractivity contribution is 7.09. The maximum atomic E-state index is 12.0. The second-order valence-electron chi connectivity index (χ2n) is 3.92. The van der Waals surface area contributed by atoms with Gasteiger partial charge in [-0.05, 0) is 13.0 Å². The molecule has 0 spiro atoms. The lowest BCUT2D eigenvalue weighted by Gasteiger charge is -2.04. The Kier molecular flexibility index (Phi) is 3.21. The maximum absolute atomic E-state index is 12.0. The van der Waals surface area contributed by atoms with Gasteiger partial charge in [0.2, 0.25) is 0 Å². The molecule has 3 rings (SSSR count). The van der Waals surface area contributed by atoms with Crippen molar-refractivity contribution < 1.29 is 4.79 Å². The molecule has 0 bridgehead atoms. The molecule has 7 nitrogen and oxygen atoms in total. The summed E-state index contributed by atoms with van der Waals surface area (Å²) < 4.78 is 1.59. The number of carbonyl (C=O) groups is 1. The first-order valence-corrected chi connectivity index (χ1v) is 6.66. The van der Waals surface area contributed by atoms with Crippen molar-refractivity contribution in [2.45, 2.75) is 6.92 Å². The van der Waals surface area contributed by atoms with E-state index in [0.717, 1.165) is 5.01 Å². The fourth-order valence-corrected chi connectivity index (χ4v) is 2.19. The molecule has 20 heavy (non-hydrogen) atoms. The van der Waals surface area contributed by atoms with Crippen LogP contribution < -0.4 is 5.32 Å². The highest BCUT2D eigenvalue weighted by atomic mass is 32.1. The zero-order chi connectivity index (χ0) is 13.9. The predicted molar refractivity (Wildman–Crippen MR) is 74.0 cm³/mol. The van der Waals surface area contributed by atoms with Crippen LogP contribution in [0.3, 0.4) is 0 Å². The van der Waals surface area contributed by atoms with Crippen molar-refractivity contribution in [3.63, 3.8) is 0 Å². The van der Waals surface area contributed by atoms with Gasteiger partial charge in [0.25, 0.3) is 5.91 Å². The van der Waals surface area contributed by atoms with Gasteiger partial charge in [-0.2, -0.15) is 5.10 Å². The quantitative estimate of drug-likeness (QED) is 0.791. The number of rotatable bonds is 3. The summed E-state index contributed by atoms with van der Waals surface area (Å²) in [6, 6.07) is 3.43. The van der Waals surface area contributed by atoms with E-state index in [-0.39, 0.29) is 5.91 Å². The molecule has 0 aliphatic carbocycles. The average Bonchev–Trinajstić information content (AvgIpc) is 3.10. The molecule has 0 fully saturated rings. The summed E-state index contributed by atoms with van der Waals surface area (Å²) in [7, 11) is 0. The van der Waals surface area contributed by atoms with Gasteiger partial charge >= 0.3 is 0 Å². The van der Waals surface area contributed by atoms with Crippen molar-refractivity contribution in [3.8, 4) is 5.82 Å². The van der Waals surface area contributed by atoms with Crippen molar-refractivity contribution in [1.29, 1.82) is 0 Å². The van der Waals surface area contributed by atoms with E-state index in [1.165, 1.54) is 17.7 Å². The Bertz CT molecular complexity index is 736. The Balaban J connectivity index is 1.81. The first-order chi connectivity index (χ1) is 9.72. The molecule has 0 aliphatic heterocycles. The fourth-order valence-electron chi connectivity index (χ4n) is 1.59. The van der Waals surface area contributed by atoms with Crippen LogP contribution in [-0.2, 0) is 0 Å². The molecule has 8 heteroatoms. The summed E-state index contributed by atoms with van der Waals surface area (Å²) in [5, 5.41) is 9.31. The van der Waals surface area contributed by atoms with Crippen molar-refractivity contribution in [3.05, 3.63) is 46.9 Å². The van der Waals surface area contributed by atoms with E-state index in [0.29, 0.717) is 17.3 Å². The molecule has 0 aromatic carbocycles. The number of aryl methyl sites for hydroxylation is 1. The summed E-state index contributed by atoms with van der Waals surface area (Å²) in [6.07, 6.45) is 4.79. The van der Waals surface area contributed by atoms with Crippen LogP contribution >= 0.6 is 11.3 Å². The van der Waals surface area contributed by atoms with Gasteiger partial charge in [0.05, 0.1) is 5.01 Å². The van der Waals surface area contributed by atoms with E-state index in [2.05, 4.69) is 25.4 Å². The minimum Gasteiger partial charge on any atom is -0.305 e. The third-order valence-corrected chi connectivity index (χ3v) is 3.26. The van der Waals surface area contributed by atoms with Crippen LogP contribution in [0.25, 0.3) is 5.82 Å². The van der Waals surface area contributed by atoms with Gasteiger partial charge in [-0.1, -0.05) is 0 Å². The Hall–Kier alpha value is -2.61.